The molecule has 138 valence electrons. The zero-order valence-electron chi connectivity index (χ0n) is 15.3. The van der Waals surface area contributed by atoms with Crippen LogP contribution in [0.3, 0.4) is 0 Å². The molecule has 0 radical (unpaired) electrons. The Balaban J connectivity index is 1.89. The van der Waals surface area contributed by atoms with Gasteiger partial charge >= 0.3 is 0 Å². The largest absolute Gasteiger partial charge is 0.395 e. The van der Waals surface area contributed by atoms with Crippen molar-refractivity contribution in [3.63, 3.8) is 0 Å². The van der Waals surface area contributed by atoms with Gasteiger partial charge in [0.25, 0.3) is 5.91 Å². The van der Waals surface area contributed by atoms with Gasteiger partial charge in [0.15, 0.2) is 5.65 Å². The predicted molar refractivity (Wildman–Crippen MR) is 101 cm³/mol. The minimum atomic E-state index is -0.254. The van der Waals surface area contributed by atoms with Crippen LogP contribution >= 0.6 is 11.3 Å². The van der Waals surface area contributed by atoms with Crippen molar-refractivity contribution in [3.8, 4) is 0 Å². The van der Waals surface area contributed by atoms with E-state index in [2.05, 4.69) is 17.0 Å². The lowest BCUT2D eigenvalue weighted by atomic mass is 9.89. The Morgan fingerprint density at radius 1 is 1.42 bits per heavy atom. The van der Waals surface area contributed by atoms with Gasteiger partial charge in [0.05, 0.1) is 12.0 Å². The van der Waals surface area contributed by atoms with E-state index in [0.29, 0.717) is 12.5 Å². The van der Waals surface area contributed by atoms with Crippen molar-refractivity contribution in [1.29, 1.82) is 0 Å². The Kier molecular flexibility index (Phi) is 4.40. The summed E-state index contributed by atoms with van der Waals surface area (Å²) >= 11 is 1.75. The minimum absolute atomic E-state index is 0.0757. The number of thiophene rings is 1. The first-order valence-electron chi connectivity index (χ1n) is 9.11. The van der Waals surface area contributed by atoms with Crippen molar-refractivity contribution < 1.29 is 9.90 Å². The predicted octanol–water partition coefficient (Wildman–Crippen LogP) is 2.23. The van der Waals surface area contributed by atoms with E-state index < -0.39 is 0 Å². The van der Waals surface area contributed by atoms with Gasteiger partial charge in [-0.3, -0.25) is 4.79 Å². The molecule has 0 saturated carbocycles. The molecule has 1 amide bonds. The molecule has 1 N–H and O–H groups in total. The first-order chi connectivity index (χ1) is 12.5. The number of carbonyl (C=O) groups is 1. The molecule has 0 aromatic carbocycles. The Labute approximate surface area is 155 Å². The first kappa shape index (κ1) is 17.4. The van der Waals surface area contributed by atoms with Gasteiger partial charge in [-0.25, -0.2) is 9.97 Å². The monoisotopic (exact) mass is 373 g/mol. The van der Waals surface area contributed by atoms with Gasteiger partial charge < -0.3 is 10.0 Å². The van der Waals surface area contributed by atoms with Crippen molar-refractivity contribution in [2.75, 3.05) is 19.7 Å². The summed E-state index contributed by atoms with van der Waals surface area (Å²) in [4.78, 5) is 26.0. The number of hydrogen-bond acceptors (Lipinski definition) is 6. The molecule has 8 heteroatoms. The molecule has 1 atom stereocenters. The number of aliphatic hydroxyl groups excluding tert-OH is 1. The summed E-state index contributed by atoms with van der Waals surface area (Å²) in [6.07, 6.45) is 3.32. The van der Waals surface area contributed by atoms with Crippen molar-refractivity contribution in [1.82, 2.24) is 24.5 Å². The number of aliphatic hydroxyl groups is 1. The maximum atomic E-state index is 12.7. The lowest BCUT2D eigenvalue weighted by Crippen LogP contribution is -2.34. The fourth-order valence-corrected chi connectivity index (χ4v) is 4.96. The van der Waals surface area contributed by atoms with Crippen LogP contribution in [0.1, 0.15) is 47.2 Å². The summed E-state index contributed by atoms with van der Waals surface area (Å²) in [6, 6.07) is 0. The summed E-state index contributed by atoms with van der Waals surface area (Å²) in [5, 5.41) is 14.7. The Hall–Kier alpha value is -2.06. The molecule has 7 nitrogen and oxygen atoms in total. The lowest BCUT2D eigenvalue weighted by molar-refractivity contribution is 0.0720. The SMILES string of the molecule is CCN(CCO)C(=O)c1nc2c3c4c(sc3nc(C)n2n1)CC[C@H](C)C4. The van der Waals surface area contributed by atoms with Gasteiger partial charge in [-0.1, -0.05) is 6.92 Å². The number of hydrogen-bond donors (Lipinski definition) is 1. The number of nitrogens with zero attached hydrogens (tertiary/aromatic N) is 5. The molecule has 0 bridgehead atoms. The molecule has 0 aliphatic heterocycles. The summed E-state index contributed by atoms with van der Waals surface area (Å²) in [5.74, 6) is 1.29. The summed E-state index contributed by atoms with van der Waals surface area (Å²) in [7, 11) is 0. The second-order valence-electron chi connectivity index (χ2n) is 6.97. The number of fused-ring (bicyclic) bond motifs is 5. The third-order valence-corrected chi connectivity index (χ3v) is 6.31. The van der Waals surface area contributed by atoms with Crippen molar-refractivity contribution in [2.24, 2.45) is 5.92 Å². The molecule has 4 rings (SSSR count). The Morgan fingerprint density at radius 2 is 2.23 bits per heavy atom. The molecule has 0 unspecified atom stereocenters. The maximum Gasteiger partial charge on any atom is 0.293 e. The Morgan fingerprint density at radius 3 is 2.96 bits per heavy atom. The Bertz CT molecular complexity index is 993. The second kappa shape index (κ2) is 6.59. The van der Waals surface area contributed by atoms with E-state index in [1.807, 2.05) is 13.8 Å². The van der Waals surface area contributed by atoms with E-state index in [1.165, 1.54) is 16.9 Å². The van der Waals surface area contributed by atoms with Gasteiger partial charge in [-0.15, -0.1) is 16.4 Å². The molecule has 26 heavy (non-hydrogen) atoms. The van der Waals surface area contributed by atoms with E-state index in [9.17, 15) is 4.79 Å². The quantitative estimate of drug-likeness (QED) is 0.758. The maximum absolute atomic E-state index is 12.7. The number of aromatic nitrogens is 4. The highest BCUT2D eigenvalue weighted by Gasteiger charge is 2.26. The van der Waals surface area contributed by atoms with Crippen LogP contribution in [0, 0.1) is 12.8 Å². The standard InChI is InChI=1S/C18H23N5O2S/c1-4-22(7-8-24)18(25)15-20-16-14-12-9-10(2)5-6-13(12)26-17(14)19-11(3)23(16)21-15/h10,24H,4-9H2,1-3H3/t10-/m0/s1. The highest BCUT2D eigenvalue weighted by atomic mass is 32.1. The smallest absolute Gasteiger partial charge is 0.293 e. The lowest BCUT2D eigenvalue weighted by Gasteiger charge is -2.17. The molecule has 3 heterocycles. The van der Waals surface area contributed by atoms with Crippen LogP contribution in [0.4, 0.5) is 0 Å². The molecule has 1 aliphatic rings. The van der Waals surface area contributed by atoms with Crippen molar-refractivity contribution in [2.45, 2.75) is 40.0 Å². The highest BCUT2D eigenvalue weighted by molar-refractivity contribution is 7.19. The first-order valence-corrected chi connectivity index (χ1v) is 9.92. The molecule has 1 aliphatic carbocycles. The summed E-state index contributed by atoms with van der Waals surface area (Å²) in [5.41, 5.74) is 2.05. The van der Waals surface area contributed by atoms with E-state index in [-0.39, 0.29) is 24.9 Å². The fourth-order valence-electron chi connectivity index (χ4n) is 3.70. The molecule has 3 aromatic heterocycles. The average Bonchev–Trinajstić information content (AvgIpc) is 3.20. The third-order valence-electron chi connectivity index (χ3n) is 5.12. The van der Waals surface area contributed by atoms with Crippen LogP contribution in [0.5, 0.6) is 0 Å². The van der Waals surface area contributed by atoms with Crippen LogP contribution in [-0.4, -0.2) is 55.2 Å². The highest BCUT2D eigenvalue weighted by Crippen LogP contribution is 2.39. The fraction of sp³-hybridized carbons (Fsp3) is 0.556. The topological polar surface area (TPSA) is 83.6 Å². The molecule has 0 saturated heterocycles. The van der Waals surface area contributed by atoms with Crippen LogP contribution in [-0.2, 0) is 12.8 Å². The summed E-state index contributed by atoms with van der Waals surface area (Å²) < 4.78 is 1.69. The molecule has 0 spiro atoms. The minimum Gasteiger partial charge on any atom is -0.395 e. The van der Waals surface area contributed by atoms with E-state index in [0.717, 1.165) is 34.5 Å². The van der Waals surface area contributed by atoms with Gasteiger partial charge in [0.2, 0.25) is 5.82 Å². The number of likely N-dealkylation sites (N-methyl/N-ethyl adjacent to an activating group) is 1. The molecular weight excluding hydrogens is 350 g/mol. The molecule has 3 aromatic rings. The second-order valence-corrected chi connectivity index (χ2v) is 8.05. The number of rotatable bonds is 4. The van der Waals surface area contributed by atoms with Crippen LogP contribution in [0.2, 0.25) is 0 Å². The average molecular weight is 373 g/mol. The van der Waals surface area contributed by atoms with Crippen LogP contribution in [0.25, 0.3) is 15.9 Å². The zero-order valence-corrected chi connectivity index (χ0v) is 16.1. The van der Waals surface area contributed by atoms with E-state index in [4.69, 9.17) is 10.1 Å². The van der Waals surface area contributed by atoms with Crippen LogP contribution < -0.4 is 0 Å². The molecular formula is C18H23N5O2S. The number of amides is 1. The van der Waals surface area contributed by atoms with E-state index >= 15 is 0 Å². The summed E-state index contributed by atoms with van der Waals surface area (Å²) in [6.45, 7) is 6.76. The number of aryl methyl sites for hydroxylation is 2. The van der Waals surface area contributed by atoms with Gasteiger partial charge in [-0.05, 0) is 44.6 Å². The van der Waals surface area contributed by atoms with Gasteiger partial charge in [0.1, 0.15) is 10.7 Å². The molecule has 0 fully saturated rings. The normalized spacial score (nSPS) is 17.0. The van der Waals surface area contributed by atoms with Gasteiger partial charge in [-0.2, -0.15) is 4.52 Å². The van der Waals surface area contributed by atoms with Crippen LogP contribution in [0.15, 0.2) is 0 Å². The van der Waals surface area contributed by atoms with E-state index in [1.54, 1.807) is 20.8 Å². The van der Waals surface area contributed by atoms with Crippen molar-refractivity contribution in [3.05, 3.63) is 22.1 Å². The van der Waals surface area contributed by atoms with Gasteiger partial charge in [0, 0.05) is 18.0 Å². The zero-order chi connectivity index (χ0) is 18.4. The third kappa shape index (κ3) is 2.68. The number of carbonyl (C=O) groups excluding carboxylic acids is 1. The van der Waals surface area contributed by atoms with Crippen molar-refractivity contribution >= 4 is 33.1 Å².